The highest BCUT2D eigenvalue weighted by atomic mass is 16.5. The minimum Gasteiger partial charge on any atom is -0.494 e. The molecule has 1 N–H and O–H groups in total. The van der Waals surface area contributed by atoms with Gasteiger partial charge in [0.2, 0.25) is 0 Å². The fraction of sp³-hybridized carbons (Fsp3) is 0.158. The number of ether oxygens (including phenoxy) is 1. The molecule has 0 aliphatic rings. The first-order valence-electron chi connectivity index (χ1n) is 7.35. The summed E-state index contributed by atoms with van der Waals surface area (Å²) in [6.07, 6.45) is 3.34. The van der Waals surface area contributed by atoms with E-state index in [1.54, 1.807) is 12.1 Å². The average Bonchev–Trinajstić information content (AvgIpc) is 2.61. The molecule has 0 aliphatic heterocycles. The van der Waals surface area contributed by atoms with Crippen LogP contribution in [0.3, 0.4) is 0 Å². The van der Waals surface area contributed by atoms with Crippen LogP contribution in [0.1, 0.15) is 12.0 Å². The van der Waals surface area contributed by atoms with Gasteiger partial charge in [-0.3, -0.25) is 0 Å². The molecule has 0 saturated heterocycles. The monoisotopic (exact) mass is 303 g/mol. The average molecular weight is 303 g/mol. The molecule has 0 aromatic heterocycles. The van der Waals surface area contributed by atoms with E-state index in [0.717, 1.165) is 24.3 Å². The number of nitriles is 2. The van der Waals surface area contributed by atoms with Crippen molar-refractivity contribution < 1.29 is 4.74 Å². The van der Waals surface area contributed by atoms with Crippen LogP contribution in [-0.2, 0) is 6.42 Å². The predicted octanol–water partition coefficient (Wildman–Crippen LogP) is 4.04. The molecule has 2 rings (SSSR count). The summed E-state index contributed by atoms with van der Waals surface area (Å²) in [5.74, 6) is 0.799. The van der Waals surface area contributed by atoms with Gasteiger partial charge in [-0.2, -0.15) is 10.5 Å². The van der Waals surface area contributed by atoms with Gasteiger partial charge in [0.25, 0.3) is 0 Å². The number of aryl methyl sites for hydroxylation is 1. The second-order valence-corrected chi connectivity index (χ2v) is 4.89. The van der Waals surface area contributed by atoms with E-state index in [1.807, 2.05) is 42.5 Å². The van der Waals surface area contributed by atoms with E-state index < -0.39 is 0 Å². The number of benzene rings is 2. The molecule has 2 aromatic carbocycles. The Morgan fingerprint density at radius 1 is 1.00 bits per heavy atom. The Hall–Kier alpha value is -3.24. The van der Waals surface area contributed by atoms with E-state index in [4.69, 9.17) is 15.3 Å². The molecule has 0 saturated carbocycles. The van der Waals surface area contributed by atoms with Crippen molar-refractivity contribution in [3.63, 3.8) is 0 Å². The van der Waals surface area contributed by atoms with Gasteiger partial charge in [-0.1, -0.05) is 30.3 Å². The molecule has 0 bridgehead atoms. The molecule has 4 nitrogen and oxygen atoms in total. The lowest BCUT2D eigenvalue weighted by molar-refractivity contribution is 0.311. The molecule has 114 valence electrons. The fourth-order valence-electron chi connectivity index (χ4n) is 2.00. The molecule has 0 amide bonds. The third-order valence-corrected chi connectivity index (χ3v) is 3.20. The van der Waals surface area contributed by atoms with Crippen LogP contribution in [0.5, 0.6) is 5.75 Å². The minimum absolute atomic E-state index is 0.0336. The van der Waals surface area contributed by atoms with Gasteiger partial charge in [0.1, 0.15) is 23.5 Å². The summed E-state index contributed by atoms with van der Waals surface area (Å²) in [6, 6.07) is 21.3. The Morgan fingerprint density at radius 3 is 2.35 bits per heavy atom. The van der Waals surface area contributed by atoms with E-state index in [1.165, 1.54) is 11.8 Å². The van der Waals surface area contributed by atoms with Crippen LogP contribution in [0, 0.1) is 22.7 Å². The van der Waals surface area contributed by atoms with Gasteiger partial charge in [0, 0.05) is 11.9 Å². The molecule has 0 radical (unpaired) electrons. The van der Waals surface area contributed by atoms with Crippen LogP contribution in [0.2, 0.25) is 0 Å². The summed E-state index contributed by atoms with van der Waals surface area (Å²) in [4.78, 5) is 0. The summed E-state index contributed by atoms with van der Waals surface area (Å²) in [5, 5.41) is 20.2. The zero-order valence-corrected chi connectivity index (χ0v) is 12.7. The summed E-state index contributed by atoms with van der Waals surface area (Å²) >= 11 is 0. The van der Waals surface area contributed by atoms with Crippen molar-refractivity contribution in [3.8, 4) is 17.9 Å². The maximum absolute atomic E-state index is 8.65. The Morgan fingerprint density at radius 2 is 1.70 bits per heavy atom. The van der Waals surface area contributed by atoms with Crippen molar-refractivity contribution in [2.45, 2.75) is 12.8 Å². The van der Waals surface area contributed by atoms with Crippen LogP contribution < -0.4 is 10.1 Å². The smallest absolute Gasteiger partial charge is 0.145 e. The molecular formula is C19H17N3O. The van der Waals surface area contributed by atoms with Gasteiger partial charge >= 0.3 is 0 Å². The number of allylic oxidation sites excluding steroid dienone is 1. The van der Waals surface area contributed by atoms with Crippen molar-refractivity contribution in [2.24, 2.45) is 0 Å². The molecular weight excluding hydrogens is 286 g/mol. The van der Waals surface area contributed by atoms with Crippen molar-refractivity contribution in [3.05, 3.63) is 71.9 Å². The zero-order chi connectivity index (χ0) is 16.3. The highest BCUT2D eigenvalue weighted by molar-refractivity contribution is 5.51. The van der Waals surface area contributed by atoms with Gasteiger partial charge in [0.05, 0.1) is 6.61 Å². The second-order valence-electron chi connectivity index (χ2n) is 4.89. The van der Waals surface area contributed by atoms with Crippen molar-refractivity contribution >= 4 is 5.69 Å². The SMILES string of the molecule is N#CC(C#N)=CNc1ccc(OCCCc2ccccc2)cc1. The first kappa shape index (κ1) is 16.1. The Kier molecular flexibility index (Phi) is 6.26. The van der Waals surface area contributed by atoms with E-state index in [9.17, 15) is 0 Å². The summed E-state index contributed by atoms with van der Waals surface area (Å²) in [5.41, 5.74) is 2.14. The van der Waals surface area contributed by atoms with E-state index in [-0.39, 0.29) is 5.57 Å². The fourth-order valence-corrected chi connectivity index (χ4v) is 2.00. The number of hydrogen-bond acceptors (Lipinski definition) is 4. The lowest BCUT2D eigenvalue weighted by Gasteiger charge is -2.07. The molecule has 4 heteroatoms. The van der Waals surface area contributed by atoms with Crippen LogP contribution in [-0.4, -0.2) is 6.61 Å². The van der Waals surface area contributed by atoms with Gasteiger partial charge in [-0.15, -0.1) is 0 Å². The summed E-state index contributed by atoms with van der Waals surface area (Å²) in [6.45, 7) is 0.661. The lowest BCUT2D eigenvalue weighted by atomic mass is 10.1. The van der Waals surface area contributed by atoms with Crippen LogP contribution in [0.15, 0.2) is 66.4 Å². The molecule has 0 fully saturated rings. The number of anilines is 1. The summed E-state index contributed by atoms with van der Waals surface area (Å²) < 4.78 is 5.70. The number of nitrogens with one attached hydrogen (secondary N) is 1. The molecule has 0 unspecified atom stereocenters. The predicted molar refractivity (Wildman–Crippen MR) is 89.6 cm³/mol. The summed E-state index contributed by atoms with van der Waals surface area (Å²) in [7, 11) is 0. The van der Waals surface area contributed by atoms with E-state index in [2.05, 4.69) is 17.4 Å². The highest BCUT2D eigenvalue weighted by Crippen LogP contribution is 2.16. The molecule has 2 aromatic rings. The first-order valence-corrected chi connectivity index (χ1v) is 7.35. The van der Waals surface area contributed by atoms with Gasteiger partial charge in [-0.25, -0.2) is 0 Å². The molecule has 0 heterocycles. The second kappa shape index (κ2) is 8.92. The Balaban J connectivity index is 1.76. The first-order chi connectivity index (χ1) is 11.3. The maximum atomic E-state index is 8.65. The van der Waals surface area contributed by atoms with Crippen LogP contribution in [0.25, 0.3) is 0 Å². The van der Waals surface area contributed by atoms with Crippen molar-refractivity contribution in [1.82, 2.24) is 0 Å². The quantitative estimate of drug-likeness (QED) is 0.619. The number of nitrogens with zero attached hydrogens (tertiary/aromatic N) is 2. The van der Waals surface area contributed by atoms with Crippen molar-refractivity contribution in [2.75, 3.05) is 11.9 Å². The molecule has 0 atom stereocenters. The minimum atomic E-state index is 0.0336. The Bertz CT molecular complexity index is 706. The van der Waals surface area contributed by atoms with Gasteiger partial charge in [0.15, 0.2) is 0 Å². The molecule has 0 spiro atoms. The largest absolute Gasteiger partial charge is 0.494 e. The zero-order valence-electron chi connectivity index (χ0n) is 12.7. The third-order valence-electron chi connectivity index (χ3n) is 3.20. The topological polar surface area (TPSA) is 68.8 Å². The molecule has 23 heavy (non-hydrogen) atoms. The van der Waals surface area contributed by atoms with Crippen LogP contribution >= 0.6 is 0 Å². The normalized spacial score (nSPS) is 9.30. The van der Waals surface area contributed by atoms with Gasteiger partial charge < -0.3 is 10.1 Å². The van der Waals surface area contributed by atoms with E-state index >= 15 is 0 Å². The molecule has 0 aliphatic carbocycles. The Labute approximate surface area is 136 Å². The number of hydrogen-bond donors (Lipinski definition) is 1. The van der Waals surface area contributed by atoms with Crippen LogP contribution in [0.4, 0.5) is 5.69 Å². The standard InChI is InChI=1S/C19H17N3O/c20-13-17(14-21)15-22-18-8-10-19(11-9-18)23-12-4-7-16-5-2-1-3-6-16/h1-3,5-6,8-11,15,22H,4,7,12H2. The number of rotatable bonds is 7. The third kappa shape index (κ3) is 5.57. The highest BCUT2D eigenvalue weighted by Gasteiger charge is 1.97. The lowest BCUT2D eigenvalue weighted by Crippen LogP contribution is -1.99. The van der Waals surface area contributed by atoms with Gasteiger partial charge in [-0.05, 0) is 42.7 Å². The van der Waals surface area contributed by atoms with Crippen molar-refractivity contribution in [1.29, 1.82) is 10.5 Å². The van der Waals surface area contributed by atoms with E-state index in [0.29, 0.717) is 6.61 Å². The maximum Gasteiger partial charge on any atom is 0.145 e.